The first-order valence-electron chi connectivity index (χ1n) is 8.87. The zero-order valence-electron chi connectivity index (χ0n) is 15.4. The lowest BCUT2D eigenvalue weighted by Crippen LogP contribution is -2.43. The maximum absolute atomic E-state index is 13.2. The van der Waals surface area contributed by atoms with E-state index in [-0.39, 0.29) is 33.6 Å². The lowest BCUT2D eigenvalue weighted by atomic mass is 9.53. The molecular weight excluding hydrogens is 332 g/mol. The van der Waals surface area contributed by atoms with Crippen molar-refractivity contribution in [2.24, 2.45) is 5.41 Å². The van der Waals surface area contributed by atoms with Crippen LogP contribution < -0.4 is 0 Å². The molecule has 136 valence electrons. The second-order valence-electron chi connectivity index (χ2n) is 8.35. The molecule has 2 aliphatic carbocycles. The van der Waals surface area contributed by atoms with Crippen LogP contribution >= 0.6 is 0 Å². The van der Waals surface area contributed by atoms with Crippen molar-refractivity contribution in [2.45, 2.75) is 52.4 Å². The molecule has 0 aliphatic heterocycles. The number of rotatable bonds is 1. The average molecular weight is 354 g/mol. The largest absolute Gasteiger partial charge is 0.506 e. The quantitative estimate of drug-likeness (QED) is 0.452. The van der Waals surface area contributed by atoms with Crippen molar-refractivity contribution in [3.8, 4) is 11.5 Å². The first-order valence-corrected chi connectivity index (χ1v) is 8.87. The number of furan rings is 1. The summed E-state index contributed by atoms with van der Waals surface area (Å²) in [5.74, 6) is -0.334. The summed E-state index contributed by atoms with van der Waals surface area (Å²) in [6.07, 6.45) is 3.03. The minimum Gasteiger partial charge on any atom is -0.506 e. The third-order valence-electron chi connectivity index (χ3n) is 6.17. The molecule has 2 N–H and O–H groups in total. The highest BCUT2D eigenvalue weighted by molar-refractivity contribution is 6.26. The fraction of sp³-hybridized carbons (Fsp3) is 0.429. The number of phenolic OH excluding ortho intramolecular Hbond substituents is 2. The summed E-state index contributed by atoms with van der Waals surface area (Å²) in [6, 6.07) is 1.59. The number of carbonyl (C=O) groups is 2. The third kappa shape index (κ3) is 1.86. The van der Waals surface area contributed by atoms with Gasteiger partial charge in [0.15, 0.2) is 17.6 Å². The van der Waals surface area contributed by atoms with Gasteiger partial charge in [0, 0.05) is 11.0 Å². The Hall–Kier alpha value is -2.56. The van der Waals surface area contributed by atoms with Crippen LogP contribution in [0, 0.1) is 12.3 Å². The summed E-state index contributed by atoms with van der Waals surface area (Å²) < 4.78 is 5.60. The van der Waals surface area contributed by atoms with E-state index in [1.54, 1.807) is 13.0 Å². The van der Waals surface area contributed by atoms with Crippen molar-refractivity contribution in [3.05, 3.63) is 34.1 Å². The molecule has 26 heavy (non-hydrogen) atoms. The summed E-state index contributed by atoms with van der Waals surface area (Å²) in [5.41, 5.74) is 0.395. The number of hydrogen-bond acceptors (Lipinski definition) is 5. The maximum atomic E-state index is 13.2. The summed E-state index contributed by atoms with van der Waals surface area (Å²) >= 11 is 0. The molecule has 5 heteroatoms. The van der Waals surface area contributed by atoms with Crippen LogP contribution in [0.5, 0.6) is 11.5 Å². The van der Waals surface area contributed by atoms with Gasteiger partial charge in [-0.25, -0.2) is 0 Å². The van der Waals surface area contributed by atoms with Crippen molar-refractivity contribution < 1.29 is 24.2 Å². The number of phenols is 2. The van der Waals surface area contributed by atoms with Gasteiger partial charge >= 0.3 is 0 Å². The highest BCUT2D eigenvalue weighted by atomic mass is 16.4. The molecule has 0 spiro atoms. The van der Waals surface area contributed by atoms with Crippen LogP contribution in [-0.2, 0) is 10.2 Å². The molecule has 0 saturated heterocycles. The summed E-state index contributed by atoms with van der Waals surface area (Å²) in [6.45, 7) is 7.70. The summed E-state index contributed by atoms with van der Waals surface area (Å²) in [7, 11) is 0. The number of benzene rings is 1. The third-order valence-corrected chi connectivity index (χ3v) is 6.17. The van der Waals surface area contributed by atoms with E-state index < -0.39 is 11.2 Å². The van der Waals surface area contributed by atoms with E-state index in [0.717, 1.165) is 18.4 Å². The van der Waals surface area contributed by atoms with Crippen molar-refractivity contribution in [3.63, 3.8) is 0 Å². The van der Waals surface area contributed by atoms with Crippen molar-refractivity contribution in [1.29, 1.82) is 0 Å². The Labute approximate surface area is 151 Å². The second-order valence-corrected chi connectivity index (χ2v) is 8.35. The van der Waals surface area contributed by atoms with Crippen LogP contribution in [0.2, 0.25) is 0 Å². The number of ketones is 1. The van der Waals surface area contributed by atoms with Gasteiger partial charge in [-0.05, 0) is 36.8 Å². The molecule has 1 aromatic carbocycles. The number of hydrogen-bond donors (Lipinski definition) is 2. The minimum absolute atomic E-state index is 0.0295. The molecule has 1 heterocycles. The van der Waals surface area contributed by atoms with Gasteiger partial charge in [0.2, 0.25) is 5.78 Å². The summed E-state index contributed by atoms with van der Waals surface area (Å²) in [4.78, 5) is 25.1. The van der Waals surface area contributed by atoms with E-state index in [0.29, 0.717) is 29.4 Å². The number of carbonyl (C=O) groups excluding carboxylic acids is 2. The van der Waals surface area contributed by atoms with Crippen molar-refractivity contribution >= 4 is 23.0 Å². The SMILES string of the molecule is Cc1cc2c(O)c3c(c(O)c2o1)[C@@]1(C)CCCC(C)(C)C1=C(C=O)C3=O. The first kappa shape index (κ1) is 16.9. The van der Waals surface area contributed by atoms with Crippen molar-refractivity contribution in [1.82, 2.24) is 0 Å². The Kier molecular flexibility index (Phi) is 3.24. The smallest absolute Gasteiger partial charge is 0.200 e. The minimum atomic E-state index is -0.711. The van der Waals surface area contributed by atoms with Crippen LogP contribution in [0.4, 0.5) is 0 Å². The fourth-order valence-electron chi connectivity index (χ4n) is 5.26. The molecule has 0 amide bonds. The molecule has 0 radical (unpaired) electrons. The van der Waals surface area contributed by atoms with Crippen LogP contribution in [-0.4, -0.2) is 22.3 Å². The molecule has 2 aliphatic rings. The number of aryl methyl sites for hydroxylation is 1. The highest BCUT2D eigenvalue weighted by Gasteiger charge is 2.52. The van der Waals surface area contributed by atoms with Crippen LogP contribution in [0.25, 0.3) is 11.0 Å². The molecule has 4 rings (SSSR count). The predicted molar refractivity (Wildman–Crippen MR) is 96.7 cm³/mol. The lowest BCUT2D eigenvalue weighted by molar-refractivity contribution is -0.104. The Morgan fingerprint density at radius 3 is 2.50 bits per heavy atom. The number of fused-ring (bicyclic) bond motifs is 4. The van der Waals surface area contributed by atoms with E-state index in [2.05, 4.69) is 0 Å². The fourth-order valence-corrected chi connectivity index (χ4v) is 5.26. The number of allylic oxidation sites excluding steroid dienone is 2. The molecule has 1 fully saturated rings. The van der Waals surface area contributed by atoms with Gasteiger partial charge in [0.1, 0.15) is 11.5 Å². The topological polar surface area (TPSA) is 87.7 Å². The number of aldehydes is 1. The van der Waals surface area contributed by atoms with E-state index in [1.165, 1.54) is 0 Å². The lowest BCUT2D eigenvalue weighted by Gasteiger charge is -2.49. The Balaban J connectivity index is 2.20. The zero-order chi connectivity index (χ0) is 19.0. The molecule has 1 saturated carbocycles. The molecule has 2 aromatic rings. The van der Waals surface area contributed by atoms with Gasteiger partial charge in [-0.3, -0.25) is 9.59 Å². The molecule has 0 unspecified atom stereocenters. The van der Waals surface area contributed by atoms with Gasteiger partial charge in [-0.2, -0.15) is 0 Å². The Morgan fingerprint density at radius 2 is 1.85 bits per heavy atom. The van der Waals surface area contributed by atoms with E-state index in [1.807, 2.05) is 20.8 Å². The van der Waals surface area contributed by atoms with Crippen LogP contribution in [0.3, 0.4) is 0 Å². The molecule has 1 atom stereocenters. The molecule has 0 bridgehead atoms. The van der Waals surface area contributed by atoms with Crippen molar-refractivity contribution in [2.75, 3.05) is 0 Å². The van der Waals surface area contributed by atoms with Gasteiger partial charge in [0.25, 0.3) is 0 Å². The molecule has 5 nitrogen and oxygen atoms in total. The van der Waals surface area contributed by atoms with Gasteiger partial charge in [-0.1, -0.05) is 27.2 Å². The number of Topliss-reactive ketones (excluding diaryl/α,β-unsaturated/α-hetero) is 1. The van der Waals surface area contributed by atoms with Crippen LogP contribution in [0.1, 0.15) is 61.7 Å². The van der Waals surface area contributed by atoms with Gasteiger partial charge in [-0.15, -0.1) is 0 Å². The summed E-state index contributed by atoms with van der Waals surface area (Å²) in [5, 5.41) is 22.1. The second kappa shape index (κ2) is 5.00. The zero-order valence-corrected chi connectivity index (χ0v) is 15.4. The predicted octanol–water partition coefficient (Wildman–Crippen LogP) is 4.31. The normalized spacial score (nSPS) is 24.5. The first-order chi connectivity index (χ1) is 12.1. The van der Waals surface area contributed by atoms with E-state index in [4.69, 9.17) is 4.42 Å². The highest BCUT2D eigenvalue weighted by Crippen LogP contribution is 2.60. The Bertz CT molecular complexity index is 1020. The molecular formula is C21H22O5. The monoisotopic (exact) mass is 354 g/mol. The van der Waals surface area contributed by atoms with E-state index in [9.17, 15) is 19.8 Å². The average Bonchev–Trinajstić information content (AvgIpc) is 2.95. The van der Waals surface area contributed by atoms with Gasteiger partial charge < -0.3 is 14.6 Å². The van der Waals surface area contributed by atoms with Crippen LogP contribution in [0.15, 0.2) is 21.6 Å². The Morgan fingerprint density at radius 1 is 1.15 bits per heavy atom. The maximum Gasteiger partial charge on any atom is 0.200 e. The number of aromatic hydroxyl groups is 2. The molecule has 1 aromatic heterocycles. The van der Waals surface area contributed by atoms with Gasteiger partial charge in [0.05, 0.1) is 16.5 Å². The van der Waals surface area contributed by atoms with E-state index >= 15 is 0 Å². The standard InChI is InChI=1S/C21H22O5/c1-10-8-11-15(23)13-14(17(25)18(11)26-10)21(4)7-5-6-20(2,3)19(21)12(9-22)16(13)24/h8-9,23,25H,5-7H2,1-4H3/t21-/m1/s1.